The summed E-state index contributed by atoms with van der Waals surface area (Å²) < 4.78 is 42.9. The molecule has 0 atom stereocenters. The van der Waals surface area contributed by atoms with Crippen LogP contribution in [-0.4, -0.2) is 32.2 Å². The number of anilines is 1. The summed E-state index contributed by atoms with van der Waals surface area (Å²) in [6, 6.07) is 22.0. The fourth-order valence-corrected chi connectivity index (χ4v) is 5.84. The number of halogens is 3. The van der Waals surface area contributed by atoms with Gasteiger partial charge in [0.25, 0.3) is 0 Å². The van der Waals surface area contributed by atoms with Gasteiger partial charge in [-0.2, -0.15) is 0 Å². The van der Waals surface area contributed by atoms with Crippen molar-refractivity contribution < 1.29 is 12.8 Å². The monoisotopic (exact) mass is 566 g/mol. The molecule has 31 heavy (non-hydrogen) atoms. The van der Waals surface area contributed by atoms with Gasteiger partial charge in [0, 0.05) is 28.0 Å². The Balaban J connectivity index is 1.46. The molecule has 0 aromatic heterocycles. The number of likely N-dealkylation sites (tertiary alicyclic amines) is 1. The summed E-state index contributed by atoms with van der Waals surface area (Å²) in [6.45, 7) is 1.34. The average Bonchev–Trinajstić information content (AvgIpc) is 2.68. The number of benzene rings is 3. The smallest absolute Gasteiger partial charge is 0.233 e. The van der Waals surface area contributed by atoms with Crippen molar-refractivity contribution in [3.05, 3.63) is 98.7 Å². The molecule has 1 aliphatic rings. The van der Waals surface area contributed by atoms with E-state index < -0.39 is 15.8 Å². The fraction of sp³-hybridized carbons (Fsp3) is 0.217. The molecule has 0 unspecified atom stereocenters. The van der Waals surface area contributed by atoms with E-state index >= 15 is 0 Å². The number of hydrogen-bond acceptors (Lipinski definition) is 3. The molecule has 4 nitrogen and oxygen atoms in total. The molecule has 1 heterocycles. The van der Waals surface area contributed by atoms with E-state index in [9.17, 15) is 12.8 Å². The Bertz CT molecular complexity index is 1100. The summed E-state index contributed by atoms with van der Waals surface area (Å²) >= 11 is 6.97. The predicted molar refractivity (Wildman–Crippen MR) is 129 cm³/mol. The van der Waals surface area contributed by atoms with Crippen molar-refractivity contribution in [2.24, 2.45) is 5.92 Å². The SMILES string of the molecule is O=S(=O)(CC1CN(C(c2ccc(Br)cc2)c2ccc(Br)cc2)C1)Nc1cccc(F)c1. The van der Waals surface area contributed by atoms with E-state index in [4.69, 9.17) is 0 Å². The third kappa shape index (κ3) is 5.74. The van der Waals surface area contributed by atoms with Gasteiger partial charge in [0.2, 0.25) is 10.0 Å². The second kappa shape index (κ2) is 9.40. The van der Waals surface area contributed by atoms with Crippen molar-refractivity contribution in [2.75, 3.05) is 23.6 Å². The summed E-state index contributed by atoms with van der Waals surface area (Å²) in [5.74, 6) is -0.450. The first-order chi connectivity index (χ1) is 14.8. The standard InChI is InChI=1S/C23H21Br2FN2O2S/c24-19-8-4-17(5-9-19)23(18-6-10-20(25)11-7-18)28-13-16(14-28)15-31(29,30)27-22-3-1-2-21(26)12-22/h1-12,16,23,27H,13-15H2. The Morgan fingerprint density at radius 2 is 1.48 bits per heavy atom. The van der Waals surface area contributed by atoms with Gasteiger partial charge in [0.05, 0.1) is 17.5 Å². The van der Waals surface area contributed by atoms with E-state index in [-0.39, 0.29) is 23.4 Å². The van der Waals surface area contributed by atoms with Crippen LogP contribution in [0.1, 0.15) is 17.2 Å². The summed E-state index contributed by atoms with van der Waals surface area (Å²) in [5.41, 5.74) is 2.56. The Morgan fingerprint density at radius 3 is 2.00 bits per heavy atom. The van der Waals surface area contributed by atoms with Crippen molar-refractivity contribution in [1.82, 2.24) is 4.90 Å². The third-order valence-corrected chi connectivity index (χ3v) is 7.79. The maximum absolute atomic E-state index is 13.3. The zero-order valence-corrected chi connectivity index (χ0v) is 20.5. The van der Waals surface area contributed by atoms with Crippen molar-refractivity contribution in [3.63, 3.8) is 0 Å². The third-order valence-electron chi connectivity index (χ3n) is 5.28. The van der Waals surface area contributed by atoms with E-state index in [1.807, 2.05) is 24.3 Å². The zero-order valence-electron chi connectivity index (χ0n) is 16.5. The van der Waals surface area contributed by atoms with E-state index in [1.54, 1.807) is 6.07 Å². The largest absolute Gasteiger partial charge is 0.292 e. The van der Waals surface area contributed by atoms with Crippen LogP contribution in [0.2, 0.25) is 0 Å². The fourth-order valence-electron chi connectivity index (χ4n) is 3.91. The molecular weight excluding hydrogens is 547 g/mol. The lowest BCUT2D eigenvalue weighted by molar-refractivity contribution is 0.0813. The first kappa shape index (κ1) is 22.5. The molecule has 8 heteroatoms. The lowest BCUT2D eigenvalue weighted by Gasteiger charge is -2.44. The maximum atomic E-state index is 13.3. The lowest BCUT2D eigenvalue weighted by Crippen LogP contribution is -2.51. The number of hydrogen-bond donors (Lipinski definition) is 1. The van der Waals surface area contributed by atoms with Crippen molar-refractivity contribution >= 4 is 47.6 Å². The molecule has 4 rings (SSSR count). The van der Waals surface area contributed by atoms with Crippen molar-refractivity contribution in [3.8, 4) is 0 Å². The number of rotatable bonds is 7. The van der Waals surface area contributed by atoms with Crippen LogP contribution in [0.3, 0.4) is 0 Å². The molecule has 1 N–H and O–H groups in total. The highest BCUT2D eigenvalue weighted by Gasteiger charge is 2.36. The number of nitrogens with one attached hydrogen (secondary N) is 1. The molecule has 0 spiro atoms. The second-order valence-electron chi connectivity index (χ2n) is 7.72. The number of nitrogens with zero attached hydrogens (tertiary/aromatic N) is 1. The van der Waals surface area contributed by atoms with Gasteiger partial charge in [-0.05, 0) is 53.6 Å². The number of sulfonamides is 1. The first-order valence-corrected chi connectivity index (χ1v) is 13.0. The van der Waals surface area contributed by atoms with Crippen LogP contribution in [0.15, 0.2) is 81.7 Å². The van der Waals surface area contributed by atoms with Gasteiger partial charge in [-0.25, -0.2) is 12.8 Å². The highest BCUT2D eigenvalue weighted by atomic mass is 79.9. The Labute approximate surface area is 198 Å². The topological polar surface area (TPSA) is 49.4 Å². The minimum Gasteiger partial charge on any atom is -0.292 e. The van der Waals surface area contributed by atoms with E-state index in [2.05, 4.69) is 65.7 Å². The Kier molecular flexibility index (Phi) is 6.81. The van der Waals surface area contributed by atoms with E-state index in [0.717, 1.165) is 20.1 Å². The van der Waals surface area contributed by atoms with Crippen LogP contribution in [-0.2, 0) is 10.0 Å². The highest BCUT2D eigenvalue weighted by molar-refractivity contribution is 9.10. The van der Waals surface area contributed by atoms with Gasteiger partial charge in [-0.15, -0.1) is 0 Å². The Hall–Kier alpha value is -1.74. The Morgan fingerprint density at radius 1 is 0.935 bits per heavy atom. The van der Waals surface area contributed by atoms with Gasteiger partial charge in [0.1, 0.15) is 5.82 Å². The van der Waals surface area contributed by atoms with Gasteiger partial charge < -0.3 is 0 Å². The summed E-state index contributed by atoms with van der Waals surface area (Å²) in [7, 11) is -3.56. The molecule has 0 amide bonds. The molecule has 0 aliphatic carbocycles. The molecule has 1 fully saturated rings. The molecule has 0 saturated carbocycles. The highest BCUT2D eigenvalue weighted by Crippen LogP contribution is 2.35. The molecular formula is C23H21Br2FN2O2S. The molecule has 3 aromatic carbocycles. The quantitative estimate of drug-likeness (QED) is 0.392. The van der Waals surface area contributed by atoms with E-state index in [0.29, 0.717) is 13.1 Å². The van der Waals surface area contributed by atoms with Crippen LogP contribution < -0.4 is 4.72 Å². The van der Waals surface area contributed by atoms with Crippen LogP contribution >= 0.6 is 31.9 Å². The lowest BCUT2D eigenvalue weighted by atomic mass is 9.91. The van der Waals surface area contributed by atoms with Crippen LogP contribution in [0.5, 0.6) is 0 Å². The average molecular weight is 568 g/mol. The van der Waals surface area contributed by atoms with Crippen LogP contribution in [0.25, 0.3) is 0 Å². The normalized spacial score (nSPS) is 15.1. The molecule has 0 bridgehead atoms. The van der Waals surface area contributed by atoms with Gasteiger partial charge >= 0.3 is 0 Å². The minimum absolute atomic E-state index is 0.00735. The molecule has 0 radical (unpaired) electrons. The van der Waals surface area contributed by atoms with E-state index in [1.165, 1.54) is 18.2 Å². The molecule has 162 valence electrons. The minimum atomic E-state index is -3.56. The first-order valence-electron chi connectivity index (χ1n) is 9.80. The van der Waals surface area contributed by atoms with Gasteiger partial charge in [-0.1, -0.05) is 62.2 Å². The summed E-state index contributed by atoms with van der Waals surface area (Å²) in [5, 5.41) is 0. The van der Waals surface area contributed by atoms with Crippen molar-refractivity contribution in [1.29, 1.82) is 0 Å². The molecule has 1 saturated heterocycles. The van der Waals surface area contributed by atoms with Crippen LogP contribution in [0, 0.1) is 11.7 Å². The predicted octanol–water partition coefficient (Wildman–Crippen LogP) is 5.81. The summed E-state index contributed by atoms with van der Waals surface area (Å²) in [4.78, 5) is 2.29. The van der Waals surface area contributed by atoms with Crippen molar-refractivity contribution in [2.45, 2.75) is 6.04 Å². The maximum Gasteiger partial charge on any atom is 0.233 e. The molecule has 1 aliphatic heterocycles. The molecule has 3 aromatic rings. The summed E-state index contributed by atoms with van der Waals surface area (Å²) in [6.07, 6.45) is 0. The second-order valence-corrected chi connectivity index (χ2v) is 11.3. The van der Waals surface area contributed by atoms with Gasteiger partial charge in [0.15, 0.2) is 0 Å². The van der Waals surface area contributed by atoms with Gasteiger partial charge in [-0.3, -0.25) is 9.62 Å². The van der Waals surface area contributed by atoms with Crippen LogP contribution in [0.4, 0.5) is 10.1 Å². The zero-order chi connectivity index (χ0) is 22.0.